The number of rotatable bonds is 10. The van der Waals surface area contributed by atoms with Crippen LogP contribution in [0.1, 0.15) is 26.3 Å². The van der Waals surface area contributed by atoms with Crippen LogP contribution in [0.25, 0.3) is 0 Å². The fourth-order valence-corrected chi connectivity index (χ4v) is 3.08. The van der Waals surface area contributed by atoms with Crippen LogP contribution in [0.4, 0.5) is 0 Å². The maximum absolute atomic E-state index is 12.7. The minimum absolute atomic E-state index is 0.0584. The second-order valence-corrected chi connectivity index (χ2v) is 8.71. The molecule has 0 aliphatic heterocycles. The summed E-state index contributed by atoms with van der Waals surface area (Å²) < 4.78 is 34.0. The van der Waals surface area contributed by atoms with Crippen LogP contribution < -0.4 is 8.92 Å². The van der Waals surface area contributed by atoms with E-state index >= 15 is 0 Å². The lowest BCUT2D eigenvalue weighted by atomic mass is 10.1. The highest BCUT2D eigenvalue weighted by Gasteiger charge is 2.17. The van der Waals surface area contributed by atoms with Crippen LogP contribution in [0.5, 0.6) is 11.5 Å². The molecule has 0 heterocycles. The van der Waals surface area contributed by atoms with Crippen LogP contribution in [-0.2, 0) is 21.5 Å². The molecule has 0 atom stereocenters. The van der Waals surface area contributed by atoms with E-state index < -0.39 is 10.1 Å². The maximum Gasteiger partial charge on any atom is 0.308 e. The second-order valence-electron chi connectivity index (χ2n) is 6.85. The van der Waals surface area contributed by atoms with E-state index in [1.807, 2.05) is 38.1 Å². The van der Waals surface area contributed by atoms with Gasteiger partial charge in [0.25, 0.3) is 5.91 Å². The summed E-state index contributed by atoms with van der Waals surface area (Å²) in [6.07, 6.45) is 0. The van der Waals surface area contributed by atoms with Crippen LogP contribution in [0.15, 0.2) is 54.6 Å². The molecule has 0 saturated heterocycles. The van der Waals surface area contributed by atoms with E-state index in [0.29, 0.717) is 18.8 Å². The van der Waals surface area contributed by atoms with Crippen molar-refractivity contribution in [1.82, 2.24) is 4.90 Å². The van der Waals surface area contributed by atoms with Crippen molar-refractivity contribution in [3.05, 3.63) is 60.2 Å². The molecular formula is C21H27NO5S. The van der Waals surface area contributed by atoms with Gasteiger partial charge in [0.05, 0.1) is 5.75 Å². The molecule has 0 aliphatic rings. The van der Waals surface area contributed by atoms with Crippen molar-refractivity contribution in [2.45, 2.75) is 27.3 Å². The van der Waals surface area contributed by atoms with E-state index in [0.717, 1.165) is 5.56 Å². The van der Waals surface area contributed by atoms with Gasteiger partial charge < -0.3 is 13.8 Å². The van der Waals surface area contributed by atoms with Gasteiger partial charge in [-0.3, -0.25) is 4.79 Å². The lowest BCUT2D eigenvalue weighted by Gasteiger charge is -2.25. The van der Waals surface area contributed by atoms with Crippen molar-refractivity contribution in [1.29, 1.82) is 0 Å². The first-order valence-corrected chi connectivity index (χ1v) is 10.8. The Morgan fingerprint density at radius 1 is 1.04 bits per heavy atom. The van der Waals surface area contributed by atoms with Crippen LogP contribution in [0, 0.1) is 5.92 Å². The predicted molar refractivity (Wildman–Crippen MR) is 109 cm³/mol. The molecule has 28 heavy (non-hydrogen) atoms. The summed E-state index contributed by atoms with van der Waals surface area (Å²) in [5.74, 6) is 0.925. The molecule has 0 bridgehead atoms. The number of amides is 1. The average molecular weight is 406 g/mol. The molecule has 0 spiro atoms. The number of hydrogen-bond donors (Lipinski definition) is 0. The van der Waals surface area contributed by atoms with Crippen LogP contribution in [-0.4, -0.2) is 38.1 Å². The summed E-state index contributed by atoms with van der Waals surface area (Å²) >= 11 is 0. The van der Waals surface area contributed by atoms with E-state index in [4.69, 9.17) is 8.92 Å². The van der Waals surface area contributed by atoms with Crippen LogP contribution in [0.2, 0.25) is 0 Å². The molecule has 0 unspecified atom stereocenters. The van der Waals surface area contributed by atoms with Gasteiger partial charge in [-0.1, -0.05) is 44.2 Å². The Morgan fingerprint density at radius 2 is 1.71 bits per heavy atom. The van der Waals surface area contributed by atoms with Crippen molar-refractivity contribution in [2.75, 3.05) is 18.9 Å². The molecule has 0 radical (unpaired) electrons. The fourth-order valence-electron chi connectivity index (χ4n) is 2.57. The third-order valence-electron chi connectivity index (χ3n) is 3.89. The number of para-hydroxylation sites is 1. The molecule has 2 aromatic carbocycles. The Morgan fingerprint density at radius 3 is 2.36 bits per heavy atom. The average Bonchev–Trinajstić information content (AvgIpc) is 2.66. The summed E-state index contributed by atoms with van der Waals surface area (Å²) in [5, 5.41) is 0. The van der Waals surface area contributed by atoms with Gasteiger partial charge in [0.2, 0.25) is 0 Å². The van der Waals surface area contributed by atoms with E-state index in [1.165, 1.54) is 6.92 Å². The molecule has 0 aliphatic carbocycles. The monoisotopic (exact) mass is 405 g/mol. The predicted octanol–water partition coefficient (Wildman–Crippen LogP) is 3.48. The summed E-state index contributed by atoms with van der Waals surface area (Å²) in [7, 11) is -3.59. The molecule has 0 fully saturated rings. The quantitative estimate of drug-likeness (QED) is 0.566. The lowest BCUT2D eigenvalue weighted by Crippen LogP contribution is -2.37. The van der Waals surface area contributed by atoms with E-state index in [9.17, 15) is 13.2 Å². The summed E-state index contributed by atoms with van der Waals surface area (Å²) in [4.78, 5) is 14.4. The number of ether oxygens (including phenoxy) is 1. The van der Waals surface area contributed by atoms with E-state index in [2.05, 4.69) is 0 Å². The zero-order valence-corrected chi connectivity index (χ0v) is 17.3. The van der Waals surface area contributed by atoms with E-state index in [-0.39, 0.29) is 29.9 Å². The van der Waals surface area contributed by atoms with Gasteiger partial charge in [-0.05, 0) is 42.7 Å². The minimum Gasteiger partial charge on any atom is -0.484 e. The molecule has 0 aromatic heterocycles. The summed E-state index contributed by atoms with van der Waals surface area (Å²) in [6.45, 7) is 6.44. The summed E-state index contributed by atoms with van der Waals surface area (Å²) in [6, 6.07) is 16.0. The van der Waals surface area contributed by atoms with Crippen molar-refractivity contribution >= 4 is 16.0 Å². The number of hydrogen-bond acceptors (Lipinski definition) is 5. The van der Waals surface area contributed by atoms with Crippen molar-refractivity contribution in [3.63, 3.8) is 0 Å². The second kappa shape index (κ2) is 10.1. The summed E-state index contributed by atoms with van der Waals surface area (Å²) in [5.41, 5.74) is 0.789. The number of nitrogens with zero attached hydrogens (tertiary/aromatic N) is 1. The minimum atomic E-state index is -3.59. The zero-order valence-electron chi connectivity index (χ0n) is 16.5. The molecule has 0 saturated carbocycles. The highest BCUT2D eigenvalue weighted by molar-refractivity contribution is 7.87. The lowest BCUT2D eigenvalue weighted by molar-refractivity contribution is -0.134. The number of benzene rings is 2. The van der Waals surface area contributed by atoms with Crippen LogP contribution in [0.3, 0.4) is 0 Å². The molecule has 0 N–H and O–H groups in total. The first-order valence-electron chi connectivity index (χ1n) is 9.25. The van der Waals surface area contributed by atoms with Gasteiger partial charge >= 0.3 is 10.1 Å². The van der Waals surface area contributed by atoms with Gasteiger partial charge in [-0.25, -0.2) is 0 Å². The number of carbonyl (C=O) groups excluding carboxylic acids is 1. The van der Waals surface area contributed by atoms with Crippen molar-refractivity contribution in [3.8, 4) is 11.5 Å². The normalized spacial score (nSPS) is 11.3. The maximum atomic E-state index is 12.7. The van der Waals surface area contributed by atoms with Gasteiger partial charge in [0.15, 0.2) is 6.61 Å². The Kier molecular flexibility index (Phi) is 7.87. The molecule has 152 valence electrons. The van der Waals surface area contributed by atoms with Crippen molar-refractivity contribution in [2.24, 2.45) is 5.92 Å². The Hall–Kier alpha value is -2.54. The SMILES string of the molecule is CCS(=O)(=O)Oc1cccc(CN(CC(C)C)C(=O)COc2ccccc2)c1. The fraction of sp³-hybridized carbons (Fsp3) is 0.381. The molecule has 7 heteroatoms. The molecular weight excluding hydrogens is 378 g/mol. The van der Waals surface area contributed by atoms with Gasteiger partial charge in [0.1, 0.15) is 11.5 Å². The van der Waals surface area contributed by atoms with E-state index in [1.54, 1.807) is 35.2 Å². The zero-order chi connectivity index (χ0) is 20.6. The largest absolute Gasteiger partial charge is 0.484 e. The van der Waals surface area contributed by atoms with Gasteiger partial charge in [-0.2, -0.15) is 8.42 Å². The van der Waals surface area contributed by atoms with Crippen molar-refractivity contribution < 1.29 is 22.1 Å². The first kappa shape index (κ1) is 21.8. The third-order valence-corrected chi connectivity index (χ3v) is 5.05. The highest BCUT2D eigenvalue weighted by Crippen LogP contribution is 2.18. The standard InChI is InChI=1S/C21H27NO5S/c1-4-28(24,25)27-20-12-8-9-18(13-20)15-22(14-17(2)3)21(23)16-26-19-10-6-5-7-11-19/h5-13,17H,4,14-16H2,1-3H3. The Labute approximate surface area is 167 Å². The molecule has 6 nitrogen and oxygen atoms in total. The topological polar surface area (TPSA) is 72.9 Å². The Bertz CT molecular complexity index is 865. The highest BCUT2D eigenvalue weighted by atomic mass is 32.2. The molecule has 2 rings (SSSR count). The van der Waals surface area contributed by atoms with Gasteiger partial charge in [-0.15, -0.1) is 0 Å². The molecule has 1 amide bonds. The number of carbonyl (C=O) groups is 1. The smallest absolute Gasteiger partial charge is 0.308 e. The van der Waals surface area contributed by atoms with Gasteiger partial charge in [0, 0.05) is 13.1 Å². The molecule has 2 aromatic rings. The first-order chi connectivity index (χ1) is 13.3. The third kappa shape index (κ3) is 7.23. The Balaban J connectivity index is 2.07. The van der Waals surface area contributed by atoms with Crippen LogP contribution >= 0.6 is 0 Å².